The van der Waals surface area contributed by atoms with Gasteiger partial charge in [0, 0.05) is 10.5 Å². The fourth-order valence-corrected chi connectivity index (χ4v) is 2.90. The SMILES string of the molecule is CC(C)(C)OC(=O)N[C@H](CI)Cc1ccc(OCc2ccccc2)cc1. The summed E-state index contributed by atoms with van der Waals surface area (Å²) in [4.78, 5) is 11.9. The van der Waals surface area contributed by atoms with E-state index in [0.29, 0.717) is 6.61 Å². The van der Waals surface area contributed by atoms with Gasteiger partial charge in [0.1, 0.15) is 18.0 Å². The Balaban J connectivity index is 1.85. The van der Waals surface area contributed by atoms with Gasteiger partial charge in [-0.05, 0) is 50.5 Å². The molecular weight excluding hydrogens is 441 g/mol. The quantitative estimate of drug-likeness (QED) is 0.454. The van der Waals surface area contributed by atoms with Crippen LogP contribution in [-0.4, -0.2) is 22.2 Å². The highest BCUT2D eigenvalue weighted by atomic mass is 127. The number of ether oxygens (including phenoxy) is 2. The van der Waals surface area contributed by atoms with Gasteiger partial charge in [-0.15, -0.1) is 0 Å². The van der Waals surface area contributed by atoms with Crippen molar-refractivity contribution in [2.45, 2.75) is 45.4 Å². The Morgan fingerprint density at radius 2 is 1.69 bits per heavy atom. The van der Waals surface area contributed by atoms with E-state index in [0.717, 1.165) is 27.7 Å². The van der Waals surface area contributed by atoms with Gasteiger partial charge in [0.15, 0.2) is 0 Å². The molecule has 1 amide bonds. The van der Waals surface area contributed by atoms with E-state index in [9.17, 15) is 4.79 Å². The Morgan fingerprint density at radius 1 is 1.04 bits per heavy atom. The van der Waals surface area contributed by atoms with Crippen molar-refractivity contribution in [3.63, 3.8) is 0 Å². The third-order valence-electron chi connectivity index (χ3n) is 3.56. The summed E-state index contributed by atoms with van der Waals surface area (Å²) in [6.45, 7) is 6.14. The Kier molecular flexibility index (Phi) is 7.75. The topological polar surface area (TPSA) is 47.6 Å². The van der Waals surface area contributed by atoms with Gasteiger partial charge in [0.2, 0.25) is 0 Å². The number of halogens is 1. The van der Waals surface area contributed by atoms with Crippen molar-refractivity contribution < 1.29 is 14.3 Å². The van der Waals surface area contributed by atoms with Gasteiger partial charge in [-0.1, -0.05) is 65.1 Å². The summed E-state index contributed by atoms with van der Waals surface area (Å²) >= 11 is 2.28. The molecule has 0 aliphatic heterocycles. The highest BCUT2D eigenvalue weighted by Gasteiger charge is 2.19. The number of carbonyl (C=O) groups is 1. The van der Waals surface area contributed by atoms with Crippen LogP contribution < -0.4 is 10.1 Å². The van der Waals surface area contributed by atoms with Crippen LogP contribution in [0.2, 0.25) is 0 Å². The normalized spacial score (nSPS) is 12.3. The van der Waals surface area contributed by atoms with E-state index in [1.165, 1.54) is 0 Å². The minimum Gasteiger partial charge on any atom is -0.489 e. The second-order valence-corrected chi connectivity index (χ2v) is 8.00. The lowest BCUT2D eigenvalue weighted by Gasteiger charge is -2.23. The van der Waals surface area contributed by atoms with Crippen molar-refractivity contribution in [1.82, 2.24) is 5.32 Å². The molecule has 2 aromatic rings. The zero-order valence-corrected chi connectivity index (χ0v) is 17.7. The zero-order chi connectivity index (χ0) is 19.0. The van der Waals surface area contributed by atoms with Gasteiger partial charge in [-0.3, -0.25) is 0 Å². The fraction of sp³-hybridized carbons (Fsp3) is 0.381. The maximum Gasteiger partial charge on any atom is 0.407 e. The minimum atomic E-state index is -0.488. The molecule has 0 heterocycles. The Bertz CT molecular complexity index is 681. The lowest BCUT2D eigenvalue weighted by Crippen LogP contribution is -2.41. The highest BCUT2D eigenvalue weighted by Crippen LogP contribution is 2.16. The van der Waals surface area contributed by atoms with Gasteiger partial charge in [0.05, 0.1) is 0 Å². The van der Waals surface area contributed by atoms with Gasteiger partial charge < -0.3 is 14.8 Å². The number of carbonyl (C=O) groups excluding carboxylic acids is 1. The largest absolute Gasteiger partial charge is 0.489 e. The van der Waals surface area contributed by atoms with E-state index in [4.69, 9.17) is 9.47 Å². The lowest BCUT2D eigenvalue weighted by molar-refractivity contribution is 0.0510. The molecule has 0 spiro atoms. The second-order valence-electron chi connectivity index (χ2n) is 7.12. The molecule has 0 radical (unpaired) electrons. The van der Waals surface area contributed by atoms with E-state index >= 15 is 0 Å². The van der Waals surface area contributed by atoms with E-state index < -0.39 is 5.60 Å². The van der Waals surface area contributed by atoms with Crippen molar-refractivity contribution in [2.24, 2.45) is 0 Å². The van der Waals surface area contributed by atoms with Crippen molar-refractivity contribution in [3.8, 4) is 5.75 Å². The van der Waals surface area contributed by atoms with Gasteiger partial charge >= 0.3 is 6.09 Å². The van der Waals surface area contributed by atoms with Crippen LogP contribution in [0.15, 0.2) is 54.6 Å². The average molecular weight is 467 g/mol. The summed E-state index contributed by atoms with van der Waals surface area (Å²) in [6.07, 6.45) is 0.378. The summed E-state index contributed by atoms with van der Waals surface area (Å²) in [7, 11) is 0. The number of nitrogens with one attached hydrogen (secondary N) is 1. The average Bonchev–Trinajstić information content (AvgIpc) is 2.60. The maximum atomic E-state index is 11.9. The molecule has 5 heteroatoms. The molecule has 0 aliphatic carbocycles. The fourth-order valence-electron chi connectivity index (χ4n) is 2.37. The van der Waals surface area contributed by atoms with Crippen LogP contribution in [0.5, 0.6) is 5.75 Å². The zero-order valence-electron chi connectivity index (χ0n) is 15.5. The Morgan fingerprint density at radius 3 is 2.27 bits per heavy atom. The van der Waals surface area contributed by atoms with Gasteiger partial charge in [-0.2, -0.15) is 0 Å². The second kappa shape index (κ2) is 9.80. The van der Waals surface area contributed by atoms with Gasteiger partial charge in [0.25, 0.3) is 0 Å². The van der Waals surface area contributed by atoms with Gasteiger partial charge in [-0.25, -0.2) is 4.79 Å². The van der Waals surface area contributed by atoms with Crippen LogP contribution in [0.1, 0.15) is 31.9 Å². The predicted octanol–water partition coefficient (Wildman–Crippen LogP) is 5.14. The molecular formula is C21H26INO3. The first-order valence-electron chi connectivity index (χ1n) is 8.67. The molecule has 0 bridgehead atoms. The number of rotatable bonds is 7. The molecule has 0 unspecified atom stereocenters. The molecule has 26 heavy (non-hydrogen) atoms. The van der Waals surface area contributed by atoms with Crippen LogP contribution >= 0.6 is 22.6 Å². The predicted molar refractivity (Wildman–Crippen MR) is 113 cm³/mol. The van der Waals surface area contributed by atoms with Crippen molar-refractivity contribution >= 4 is 28.7 Å². The van der Waals surface area contributed by atoms with Crippen LogP contribution in [-0.2, 0) is 17.8 Å². The smallest absolute Gasteiger partial charge is 0.407 e. The molecule has 140 valence electrons. The number of alkyl carbamates (subject to hydrolysis) is 1. The summed E-state index contributed by atoms with van der Waals surface area (Å²) < 4.78 is 11.9. The van der Waals surface area contributed by atoms with Crippen molar-refractivity contribution in [3.05, 3.63) is 65.7 Å². The summed E-state index contributed by atoms with van der Waals surface area (Å²) in [5.74, 6) is 0.837. The first-order valence-corrected chi connectivity index (χ1v) is 10.2. The molecule has 2 aromatic carbocycles. The van der Waals surface area contributed by atoms with Crippen LogP contribution in [0.25, 0.3) is 0 Å². The minimum absolute atomic E-state index is 0.0292. The summed E-state index contributed by atoms with van der Waals surface area (Å²) in [6, 6.07) is 18.1. The number of hydrogen-bond donors (Lipinski definition) is 1. The number of benzene rings is 2. The van der Waals surface area contributed by atoms with E-state index in [1.807, 2.05) is 75.4 Å². The molecule has 0 fully saturated rings. The summed E-state index contributed by atoms with van der Waals surface area (Å²) in [5.41, 5.74) is 1.80. The van der Waals surface area contributed by atoms with Crippen molar-refractivity contribution in [2.75, 3.05) is 4.43 Å². The number of amides is 1. The van der Waals surface area contributed by atoms with E-state index in [-0.39, 0.29) is 12.1 Å². The molecule has 0 aromatic heterocycles. The number of alkyl halides is 1. The van der Waals surface area contributed by atoms with Crippen LogP contribution in [0.3, 0.4) is 0 Å². The standard InChI is InChI=1S/C21H26INO3/c1-21(2,3)26-20(24)23-18(14-22)13-16-9-11-19(12-10-16)25-15-17-7-5-4-6-8-17/h4-12,18H,13-15H2,1-3H3,(H,23,24)/t18-/m0/s1. The van der Waals surface area contributed by atoms with Crippen molar-refractivity contribution in [1.29, 1.82) is 0 Å². The van der Waals surface area contributed by atoms with E-state index in [1.54, 1.807) is 0 Å². The molecule has 2 rings (SSSR count). The molecule has 0 saturated heterocycles. The molecule has 4 nitrogen and oxygen atoms in total. The molecule has 1 N–H and O–H groups in total. The molecule has 0 aliphatic rings. The third kappa shape index (κ3) is 7.64. The maximum absolute atomic E-state index is 11.9. The third-order valence-corrected chi connectivity index (χ3v) is 4.62. The van der Waals surface area contributed by atoms with Crippen LogP contribution in [0.4, 0.5) is 4.79 Å². The monoisotopic (exact) mass is 467 g/mol. The summed E-state index contributed by atoms with van der Waals surface area (Å²) in [5, 5.41) is 2.93. The highest BCUT2D eigenvalue weighted by molar-refractivity contribution is 14.1. The van der Waals surface area contributed by atoms with Crippen LogP contribution in [0, 0.1) is 0 Å². The first kappa shape index (κ1) is 20.6. The molecule has 0 saturated carbocycles. The lowest BCUT2D eigenvalue weighted by atomic mass is 10.1. The molecule has 1 atom stereocenters. The number of hydrogen-bond acceptors (Lipinski definition) is 3. The Labute approximate surface area is 169 Å². The first-order chi connectivity index (χ1) is 12.4. The Hall–Kier alpha value is -1.76. The van der Waals surface area contributed by atoms with E-state index in [2.05, 4.69) is 27.9 Å².